The van der Waals surface area contributed by atoms with Crippen LogP contribution in [0, 0.1) is 25.2 Å². The highest BCUT2D eigenvalue weighted by atomic mass is 32.2. The molecular weight excluding hydrogens is 298 g/mol. The molecule has 5 heteroatoms. The Morgan fingerprint density at radius 2 is 2.29 bits per heavy atom. The molecule has 1 unspecified atom stereocenters. The summed E-state index contributed by atoms with van der Waals surface area (Å²) in [6.07, 6.45) is 5.19. The van der Waals surface area contributed by atoms with Gasteiger partial charge in [0, 0.05) is 23.4 Å². The minimum Gasteiger partial charge on any atom is -0.296 e. The maximum Gasteiger partial charge on any atom is 0.145 e. The standard InChI is InChI=1S/C16H15N3S2/c1-11-3-4-13(12(2)7-11)15-9-20-16(21-15)14(8-17)19-6-5-18-10-19/h3-7,10,15H,9H2,1-2H3/b16-14+. The summed E-state index contributed by atoms with van der Waals surface area (Å²) in [5.41, 5.74) is 4.67. The summed E-state index contributed by atoms with van der Waals surface area (Å²) in [6, 6.07) is 8.91. The zero-order valence-corrected chi connectivity index (χ0v) is 13.5. The van der Waals surface area contributed by atoms with Crippen LogP contribution < -0.4 is 0 Å². The van der Waals surface area contributed by atoms with E-state index >= 15 is 0 Å². The van der Waals surface area contributed by atoms with Crippen molar-refractivity contribution in [3.63, 3.8) is 0 Å². The molecule has 2 aromatic rings. The monoisotopic (exact) mass is 313 g/mol. The fourth-order valence-corrected chi connectivity index (χ4v) is 5.40. The summed E-state index contributed by atoms with van der Waals surface area (Å²) in [5.74, 6) is 1.00. The van der Waals surface area contributed by atoms with Gasteiger partial charge in [-0.1, -0.05) is 23.8 Å². The number of aromatic nitrogens is 2. The Morgan fingerprint density at radius 3 is 2.95 bits per heavy atom. The fourth-order valence-electron chi connectivity index (χ4n) is 2.41. The van der Waals surface area contributed by atoms with Crippen molar-refractivity contribution in [1.82, 2.24) is 9.55 Å². The molecule has 1 aromatic carbocycles. The molecular formula is C16H15N3S2. The van der Waals surface area contributed by atoms with Crippen LogP contribution in [0.3, 0.4) is 0 Å². The van der Waals surface area contributed by atoms with Gasteiger partial charge >= 0.3 is 0 Å². The number of nitrogens with zero attached hydrogens (tertiary/aromatic N) is 3. The largest absolute Gasteiger partial charge is 0.296 e. The molecule has 1 fully saturated rings. The van der Waals surface area contributed by atoms with Crippen molar-refractivity contribution < 1.29 is 0 Å². The Labute approximate surface area is 133 Å². The van der Waals surface area contributed by atoms with E-state index in [1.165, 1.54) is 16.7 Å². The third-order valence-electron chi connectivity index (χ3n) is 3.45. The summed E-state index contributed by atoms with van der Waals surface area (Å²) in [7, 11) is 0. The summed E-state index contributed by atoms with van der Waals surface area (Å²) in [6.45, 7) is 4.28. The topological polar surface area (TPSA) is 41.6 Å². The number of nitriles is 1. The first-order chi connectivity index (χ1) is 10.2. The van der Waals surface area contributed by atoms with Gasteiger partial charge in [-0.05, 0) is 25.0 Å². The zero-order valence-electron chi connectivity index (χ0n) is 11.9. The number of hydrogen-bond donors (Lipinski definition) is 0. The van der Waals surface area contributed by atoms with E-state index in [0.29, 0.717) is 10.9 Å². The number of hydrogen-bond acceptors (Lipinski definition) is 4. The van der Waals surface area contributed by atoms with Crippen molar-refractivity contribution in [3.8, 4) is 6.07 Å². The Kier molecular flexibility index (Phi) is 4.09. The molecule has 0 saturated carbocycles. The van der Waals surface area contributed by atoms with Crippen LogP contribution in [0.15, 0.2) is 41.2 Å². The highest BCUT2D eigenvalue weighted by Gasteiger charge is 2.27. The molecule has 0 amide bonds. The van der Waals surface area contributed by atoms with Crippen molar-refractivity contribution in [2.45, 2.75) is 19.1 Å². The van der Waals surface area contributed by atoms with E-state index < -0.39 is 0 Å². The van der Waals surface area contributed by atoms with Crippen molar-refractivity contribution in [1.29, 1.82) is 5.26 Å². The lowest BCUT2D eigenvalue weighted by molar-refractivity contribution is 1.10. The van der Waals surface area contributed by atoms with Gasteiger partial charge in [-0.3, -0.25) is 4.57 Å². The first-order valence-corrected chi connectivity index (χ1v) is 8.55. The molecule has 21 heavy (non-hydrogen) atoms. The predicted molar refractivity (Wildman–Crippen MR) is 89.8 cm³/mol. The minimum absolute atomic E-state index is 0.414. The van der Waals surface area contributed by atoms with Gasteiger partial charge in [0.05, 0.1) is 10.6 Å². The zero-order chi connectivity index (χ0) is 14.8. The Hall–Kier alpha value is -1.64. The number of rotatable bonds is 2. The average molecular weight is 313 g/mol. The van der Waals surface area contributed by atoms with Crippen LogP contribution in [0.1, 0.15) is 21.9 Å². The molecule has 3 rings (SSSR count). The normalized spacial score (nSPS) is 20.3. The van der Waals surface area contributed by atoms with Crippen molar-refractivity contribution in [2.24, 2.45) is 0 Å². The van der Waals surface area contributed by atoms with Gasteiger partial charge in [-0.2, -0.15) is 5.26 Å². The van der Waals surface area contributed by atoms with Gasteiger partial charge < -0.3 is 0 Å². The smallest absolute Gasteiger partial charge is 0.145 e. The molecule has 1 aliphatic rings. The molecule has 1 aliphatic heterocycles. The molecule has 3 nitrogen and oxygen atoms in total. The first-order valence-electron chi connectivity index (χ1n) is 6.68. The number of benzene rings is 1. The molecule has 1 aromatic heterocycles. The highest BCUT2D eigenvalue weighted by Crippen LogP contribution is 2.52. The second-order valence-electron chi connectivity index (χ2n) is 5.00. The third-order valence-corrected chi connectivity index (χ3v) is 6.37. The lowest BCUT2D eigenvalue weighted by Crippen LogP contribution is -1.96. The molecule has 1 saturated heterocycles. The van der Waals surface area contributed by atoms with Crippen molar-refractivity contribution in [2.75, 3.05) is 5.75 Å². The van der Waals surface area contributed by atoms with Crippen LogP contribution in [0.25, 0.3) is 5.70 Å². The molecule has 0 radical (unpaired) electrons. The number of aryl methyl sites for hydroxylation is 2. The quantitative estimate of drug-likeness (QED) is 0.772. The second-order valence-corrected chi connectivity index (χ2v) is 7.50. The van der Waals surface area contributed by atoms with Crippen LogP contribution in [0.4, 0.5) is 0 Å². The maximum absolute atomic E-state index is 9.42. The third kappa shape index (κ3) is 2.87. The van der Waals surface area contributed by atoms with Crippen LogP contribution in [-0.4, -0.2) is 15.3 Å². The van der Waals surface area contributed by atoms with Crippen molar-refractivity contribution in [3.05, 3.63) is 57.8 Å². The van der Waals surface area contributed by atoms with Gasteiger partial charge in [0.2, 0.25) is 0 Å². The Morgan fingerprint density at radius 1 is 1.43 bits per heavy atom. The average Bonchev–Trinajstić information content (AvgIpc) is 3.12. The lowest BCUT2D eigenvalue weighted by Gasteiger charge is -2.12. The number of thioether (sulfide) groups is 2. The van der Waals surface area contributed by atoms with Crippen LogP contribution >= 0.6 is 23.5 Å². The van der Waals surface area contributed by atoms with Crippen molar-refractivity contribution >= 4 is 29.2 Å². The van der Waals surface area contributed by atoms with Crippen LogP contribution in [0.5, 0.6) is 0 Å². The highest BCUT2D eigenvalue weighted by molar-refractivity contribution is 8.25. The van der Waals surface area contributed by atoms with E-state index in [2.05, 4.69) is 43.1 Å². The summed E-state index contributed by atoms with van der Waals surface area (Å²) in [5, 5.41) is 9.84. The Bertz CT molecular complexity index is 726. The maximum atomic E-state index is 9.42. The number of imidazole rings is 1. The van der Waals surface area contributed by atoms with Crippen LogP contribution in [0.2, 0.25) is 0 Å². The molecule has 0 aliphatic carbocycles. The molecule has 0 N–H and O–H groups in total. The van der Waals surface area contributed by atoms with E-state index in [1.807, 2.05) is 6.20 Å². The fraction of sp³-hybridized carbons (Fsp3) is 0.250. The molecule has 1 atom stereocenters. The summed E-state index contributed by atoms with van der Waals surface area (Å²) in [4.78, 5) is 4.02. The predicted octanol–water partition coefficient (Wildman–Crippen LogP) is 4.37. The van der Waals surface area contributed by atoms with E-state index in [4.69, 9.17) is 0 Å². The molecule has 2 heterocycles. The van der Waals surface area contributed by atoms with E-state index in [1.54, 1.807) is 40.6 Å². The van der Waals surface area contributed by atoms with Gasteiger partial charge in [-0.25, -0.2) is 4.98 Å². The number of allylic oxidation sites excluding steroid dienone is 1. The summed E-state index contributed by atoms with van der Waals surface area (Å²) < 4.78 is 2.88. The van der Waals surface area contributed by atoms with Gasteiger partial charge in [0.15, 0.2) is 0 Å². The summed E-state index contributed by atoms with van der Waals surface area (Å²) >= 11 is 3.55. The van der Waals surface area contributed by atoms with Crippen LogP contribution in [-0.2, 0) is 0 Å². The minimum atomic E-state index is 0.414. The van der Waals surface area contributed by atoms with E-state index in [-0.39, 0.29) is 0 Å². The first kappa shape index (κ1) is 14.3. The van der Waals surface area contributed by atoms with Gasteiger partial charge in [0.1, 0.15) is 11.8 Å². The molecule has 0 spiro atoms. The molecule has 106 valence electrons. The molecule has 0 bridgehead atoms. The van der Waals surface area contributed by atoms with E-state index in [9.17, 15) is 5.26 Å². The van der Waals surface area contributed by atoms with Gasteiger partial charge in [0.25, 0.3) is 0 Å². The Balaban J connectivity index is 1.90. The van der Waals surface area contributed by atoms with Gasteiger partial charge in [-0.15, -0.1) is 23.5 Å². The lowest BCUT2D eigenvalue weighted by atomic mass is 10.0. The SMILES string of the molecule is Cc1ccc(C2CS/C(=C(/C#N)n3ccnc3)S2)c(C)c1. The second kappa shape index (κ2) is 6.00. The van der Waals surface area contributed by atoms with E-state index in [0.717, 1.165) is 9.99 Å².